The van der Waals surface area contributed by atoms with Crippen molar-refractivity contribution in [1.29, 1.82) is 0 Å². The van der Waals surface area contributed by atoms with Gasteiger partial charge in [-0.15, -0.1) is 0 Å². The highest BCUT2D eigenvalue weighted by Gasteiger charge is 2.56. The first kappa shape index (κ1) is 23.2. The molecule has 0 bridgehead atoms. The van der Waals surface area contributed by atoms with Crippen LogP contribution in [0.3, 0.4) is 0 Å². The third-order valence-electron chi connectivity index (χ3n) is 8.18. The molecule has 5 nitrogen and oxygen atoms in total. The van der Waals surface area contributed by atoms with Gasteiger partial charge in [0.2, 0.25) is 5.91 Å². The number of amides is 2. The van der Waals surface area contributed by atoms with Crippen LogP contribution < -0.4 is 5.32 Å². The van der Waals surface area contributed by atoms with Crippen LogP contribution in [-0.2, 0) is 22.5 Å². The SMILES string of the molecule is O=C(NCc1cccc(Cl)c1)O[C@H]1CC[C@@]23CCCN2C(=O)CCC[C@H]3[C@H]1Cc1ccccc1. The van der Waals surface area contributed by atoms with E-state index in [0.717, 1.165) is 57.1 Å². The second-order valence-corrected chi connectivity index (χ2v) is 10.5. The van der Waals surface area contributed by atoms with Crippen molar-refractivity contribution in [3.05, 3.63) is 70.7 Å². The smallest absolute Gasteiger partial charge is 0.407 e. The summed E-state index contributed by atoms with van der Waals surface area (Å²) < 4.78 is 6.10. The van der Waals surface area contributed by atoms with Gasteiger partial charge in [0.25, 0.3) is 0 Å². The standard InChI is InChI=1S/C28H33ClN2O3/c29-22-10-4-9-21(17-22)19-30-27(33)34-25-13-15-28-14-6-16-31(28)26(32)12-5-11-24(28)23(25)18-20-7-2-1-3-8-20/h1-4,7-10,17,23-25H,5-6,11-16,18-19H2,(H,30,33)/t23-,24+,25+,28-/m1/s1. The predicted octanol–water partition coefficient (Wildman–Crippen LogP) is 5.75. The van der Waals surface area contributed by atoms with E-state index in [2.05, 4.69) is 34.5 Å². The molecule has 4 atom stereocenters. The zero-order valence-electron chi connectivity index (χ0n) is 19.5. The number of halogens is 1. The number of hydrogen-bond donors (Lipinski definition) is 1. The number of alkyl carbamates (subject to hydrolysis) is 1. The maximum atomic E-state index is 12.9. The van der Waals surface area contributed by atoms with E-state index in [1.807, 2.05) is 30.3 Å². The van der Waals surface area contributed by atoms with Gasteiger partial charge >= 0.3 is 6.09 Å². The molecule has 0 aromatic heterocycles. The molecule has 1 saturated carbocycles. The molecule has 2 aliphatic heterocycles. The summed E-state index contributed by atoms with van der Waals surface area (Å²) in [5, 5.41) is 3.56. The van der Waals surface area contributed by atoms with E-state index in [4.69, 9.17) is 16.3 Å². The van der Waals surface area contributed by atoms with Crippen LogP contribution in [0.4, 0.5) is 4.79 Å². The molecule has 180 valence electrons. The highest BCUT2D eigenvalue weighted by Crippen LogP contribution is 2.53. The van der Waals surface area contributed by atoms with Crippen LogP contribution in [-0.4, -0.2) is 35.1 Å². The third kappa shape index (κ3) is 4.68. The fourth-order valence-corrected chi connectivity index (χ4v) is 6.98. The molecule has 1 aliphatic carbocycles. The molecule has 0 unspecified atom stereocenters. The van der Waals surface area contributed by atoms with Crippen molar-refractivity contribution < 1.29 is 14.3 Å². The molecule has 1 spiro atoms. The molecule has 5 rings (SSSR count). The van der Waals surface area contributed by atoms with Crippen LogP contribution in [0.25, 0.3) is 0 Å². The van der Waals surface area contributed by atoms with Crippen molar-refractivity contribution in [3.63, 3.8) is 0 Å². The average Bonchev–Trinajstić information content (AvgIpc) is 3.20. The molecule has 3 aliphatic rings. The Hall–Kier alpha value is -2.53. The zero-order valence-corrected chi connectivity index (χ0v) is 20.3. The topological polar surface area (TPSA) is 58.6 Å². The second kappa shape index (κ2) is 9.99. The first-order chi connectivity index (χ1) is 16.5. The summed E-state index contributed by atoms with van der Waals surface area (Å²) >= 11 is 6.07. The van der Waals surface area contributed by atoms with E-state index < -0.39 is 0 Å². The molecule has 2 aromatic rings. The van der Waals surface area contributed by atoms with Crippen molar-refractivity contribution in [2.45, 2.75) is 69.6 Å². The molecule has 1 N–H and O–H groups in total. The van der Waals surface area contributed by atoms with Crippen molar-refractivity contribution in [2.75, 3.05) is 6.54 Å². The molecular formula is C28H33ClN2O3. The van der Waals surface area contributed by atoms with E-state index in [1.54, 1.807) is 0 Å². The normalized spacial score (nSPS) is 28.6. The molecule has 2 heterocycles. The van der Waals surface area contributed by atoms with Crippen molar-refractivity contribution in [1.82, 2.24) is 10.2 Å². The van der Waals surface area contributed by atoms with Crippen molar-refractivity contribution in [2.24, 2.45) is 11.8 Å². The van der Waals surface area contributed by atoms with Gasteiger partial charge in [0.15, 0.2) is 0 Å². The molecule has 6 heteroatoms. The Bertz CT molecular complexity index is 1030. The maximum absolute atomic E-state index is 12.9. The Morgan fingerprint density at radius 1 is 1.06 bits per heavy atom. The van der Waals surface area contributed by atoms with E-state index in [-0.39, 0.29) is 23.7 Å². The number of benzene rings is 2. The maximum Gasteiger partial charge on any atom is 0.407 e. The van der Waals surface area contributed by atoms with Crippen LogP contribution in [0.1, 0.15) is 56.1 Å². The second-order valence-electron chi connectivity index (χ2n) is 10.1. The lowest BCUT2D eigenvalue weighted by Crippen LogP contribution is -2.58. The van der Waals surface area contributed by atoms with Gasteiger partial charge in [-0.2, -0.15) is 0 Å². The predicted molar refractivity (Wildman–Crippen MR) is 132 cm³/mol. The summed E-state index contributed by atoms with van der Waals surface area (Å²) in [5.74, 6) is 0.859. The summed E-state index contributed by atoms with van der Waals surface area (Å²) in [5.41, 5.74) is 2.14. The summed E-state index contributed by atoms with van der Waals surface area (Å²) in [7, 11) is 0. The number of nitrogens with one attached hydrogen (secondary N) is 1. The number of carbonyl (C=O) groups excluding carboxylic acids is 2. The van der Waals surface area contributed by atoms with Gasteiger partial charge in [-0.3, -0.25) is 4.79 Å². The van der Waals surface area contributed by atoms with Gasteiger partial charge in [0.05, 0.1) is 0 Å². The Balaban J connectivity index is 1.35. The quantitative estimate of drug-likeness (QED) is 0.592. The minimum absolute atomic E-state index is 0.0653. The van der Waals surface area contributed by atoms with Gasteiger partial charge < -0.3 is 15.0 Å². The molecule has 2 amide bonds. The minimum atomic E-state index is -0.382. The molecular weight excluding hydrogens is 448 g/mol. The summed E-state index contributed by atoms with van der Waals surface area (Å²) in [6.45, 7) is 1.25. The number of rotatable bonds is 5. The lowest BCUT2D eigenvalue weighted by Gasteiger charge is -2.52. The van der Waals surface area contributed by atoms with Crippen LogP contribution >= 0.6 is 11.6 Å². The molecule has 3 fully saturated rings. The van der Waals surface area contributed by atoms with Crippen LogP contribution in [0.2, 0.25) is 5.02 Å². The number of carbonyl (C=O) groups is 2. The highest BCUT2D eigenvalue weighted by molar-refractivity contribution is 6.30. The van der Waals surface area contributed by atoms with Gasteiger partial charge in [-0.05, 0) is 74.1 Å². The summed E-state index contributed by atoms with van der Waals surface area (Å²) in [6.07, 6.45) is 6.75. The third-order valence-corrected chi connectivity index (χ3v) is 8.42. The minimum Gasteiger partial charge on any atom is -0.446 e. The van der Waals surface area contributed by atoms with Gasteiger partial charge in [0, 0.05) is 36.0 Å². The van der Waals surface area contributed by atoms with Gasteiger partial charge in [-0.25, -0.2) is 4.79 Å². The van der Waals surface area contributed by atoms with Crippen LogP contribution in [0, 0.1) is 11.8 Å². The average molecular weight is 481 g/mol. The fraction of sp³-hybridized carbons (Fsp3) is 0.500. The van der Waals surface area contributed by atoms with E-state index in [0.29, 0.717) is 29.8 Å². The Morgan fingerprint density at radius 3 is 2.71 bits per heavy atom. The van der Waals surface area contributed by atoms with E-state index in [9.17, 15) is 9.59 Å². The largest absolute Gasteiger partial charge is 0.446 e. The molecule has 2 aromatic carbocycles. The molecule has 0 radical (unpaired) electrons. The number of ether oxygens (including phenoxy) is 1. The lowest BCUT2D eigenvalue weighted by molar-refractivity contribution is -0.141. The fourth-order valence-electron chi connectivity index (χ4n) is 6.77. The Labute approximate surface area is 206 Å². The van der Waals surface area contributed by atoms with Crippen molar-refractivity contribution in [3.8, 4) is 0 Å². The first-order valence-corrected chi connectivity index (χ1v) is 13.0. The molecule has 34 heavy (non-hydrogen) atoms. The lowest BCUT2D eigenvalue weighted by atomic mass is 9.62. The van der Waals surface area contributed by atoms with Crippen LogP contribution in [0.15, 0.2) is 54.6 Å². The number of nitrogens with zero attached hydrogens (tertiary/aromatic N) is 1. The Morgan fingerprint density at radius 2 is 1.88 bits per heavy atom. The monoisotopic (exact) mass is 480 g/mol. The summed E-state index contributed by atoms with van der Waals surface area (Å²) in [6, 6.07) is 18.0. The highest BCUT2D eigenvalue weighted by atomic mass is 35.5. The van der Waals surface area contributed by atoms with Crippen LogP contribution in [0.5, 0.6) is 0 Å². The van der Waals surface area contributed by atoms with E-state index in [1.165, 1.54) is 5.56 Å². The van der Waals surface area contributed by atoms with E-state index >= 15 is 0 Å². The Kier molecular flexibility index (Phi) is 6.82. The first-order valence-electron chi connectivity index (χ1n) is 12.6. The zero-order chi connectivity index (χ0) is 23.5. The van der Waals surface area contributed by atoms with Crippen molar-refractivity contribution >= 4 is 23.6 Å². The molecule has 2 saturated heterocycles. The van der Waals surface area contributed by atoms with Gasteiger partial charge in [-0.1, -0.05) is 54.1 Å². The summed E-state index contributed by atoms with van der Waals surface area (Å²) in [4.78, 5) is 28.0. The van der Waals surface area contributed by atoms with Gasteiger partial charge in [0.1, 0.15) is 6.10 Å². The number of hydrogen-bond acceptors (Lipinski definition) is 3.